The van der Waals surface area contributed by atoms with Crippen LogP contribution in [0.2, 0.25) is 0 Å². The number of hydrogen-bond acceptors (Lipinski definition) is 5. The minimum atomic E-state index is -0.953. The molecule has 1 heterocycles. The van der Waals surface area contributed by atoms with Crippen LogP contribution in [0.25, 0.3) is 0 Å². The van der Waals surface area contributed by atoms with Crippen LogP contribution in [-0.2, 0) is 6.54 Å². The Morgan fingerprint density at radius 1 is 1.33 bits per heavy atom. The number of nitrogens with one attached hydrogen (secondary N) is 2. The molecule has 0 aliphatic carbocycles. The van der Waals surface area contributed by atoms with Gasteiger partial charge in [-0.1, -0.05) is 0 Å². The van der Waals surface area contributed by atoms with E-state index in [9.17, 15) is 13.6 Å². The molecule has 2 aromatic rings. The number of nitrogen functional groups attached to an aromatic ring is 1. The van der Waals surface area contributed by atoms with Gasteiger partial charge in [0, 0.05) is 5.56 Å². The maximum Gasteiger partial charge on any atom is 0.251 e. The lowest BCUT2D eigenvalue weighted by Gasteiger charge is -2.07. The van der Waals surface area contributed by atoms with Crippen LogP contribution in [0.1, 0.15) is 27.7 Å². The molecule has 4 N–H and O–H groups in total. The smallest absolute Gasteiger partial charge is 0.251 e. The second kappa shape index (κ2) is 5.88. The summed E-state index contributed by atoms with van der Waals surface area (Å²) in [5.41, 5.74) is 1.95. The van der Waals surface area contributed by atoms with Crippen molar-refractivity contribution in [2.45, 2.75) is 20.4 Å². The molecule has 8 heteroatoms. The minimum Gasteiger partial charge on any atom is -0.444 e. The highest BCUT2D eigenvalue weighted by molar-refractivity contribution is 5.94. The Morgan fingerprint density at radius 3 is 2.43 bits per heavy atom. The quantitative estimate of drug-likeness (QED) is 0.591. The molecule has 0 aliphatic rings. The summed E-state index contributed by atoms with van der Waals surface area (Å²) < 4.78 is 32.3. The van der Waals surface area contributed by atoms with Crippen molar-refractivity contribution in [1.29, 1.82) is 0 Å². The van der Waals surface area contributed by atoms with Crippen molar-refractivity contribution in [2.75, 3.05) is 5.43 Å². The average Bonchev–Trinajstić information content (AvgIpc) is 2.74. The van der Waals surface area contributed by atoms with Crippen LogP contribution in [0.15, 0.2) is 16.5 Å². The number of aryl methyl sites for hydroxylation is 2. The third-order valence-electron chi connectivity index (χ3n) is 2.92. The lowest BCUT2D eigenvalue weighted by atomic mass is 10.1. The van der Waals surface area contributed by atoms with Crippen molar-refractivity contribution < 1.29 is 18.0 Å². The Hall–Kier alpha value is -2.48. The van der Waals surface area contributed by atoms with Gasteiger partial charge in [-0.25, -0.2) is 13.8 Å². The van der Waals surface area contributed by atoms with Crippen LogP contribution < -0.4 is 16.6 Å². The summed E-state index contributed by atoms with van der Waals surface area (Å²) in [6.45, 7) is 3.54. The van der Waals surface area contributed by atoms with Gasteiger partial charge < -0.3 is 15.2 Å². The molecule has 1 aromatic carbocycles. The fourth-order valence-electron chi connectivity index (χ4n) is 1.71. The number of nitrogens with zero attached hydrogens (tertiary/aromatic N) is 1. The first-order valence-corrected chi connectivity index (χ1v) is 6.09. The normalized spacial score (nSPS) is 10.5. The third-order valence-corrected chi connectivity index (χ3v) is 2.92. The highest BCUT2D eigenvalue weighted by atomic mass is 19.1. The van der Waals surface area contributed by atoms with Gasteiger partial charge in [0.25, 0.3) is 5.91 Å². The number of anilines is 1. The number of hydrazine groups is 1. The number of amides is 1. The molecule has 0 bridgehead atoms. The number of carbonyl (C=O) groups is 1. The molecule has 0 unspecified atom stereocenters. The number of benzene rings is 1. The first-order chi connectivity index (χ1) is 9.92. The molecule has 0 saturated heterocycles. The highest BCUT2D eigenvalue weighted by Crippen LogP contribution is 2.19. The molecular weight excluding hydrogens is 282 g/mol. The first kappa shape index (κ1) is 14.9. The molecule has 0 radical (unpaired) electrons. The Labute approximate surface area is 119 Å². The second-order valence-electron chi connectivity index (χ2n) is 4.39. The molecule has 0 atom stereocenters. The standard InChI is InChI=1S/C13H14F2N4O2/c1-6-7(2)21-11(18-6)5-17-13(20)8-3-9(14)12(19-16)10(15)4-8/h3-4,19H,5,16H2,1-2H3,(H,17,20). The molecule has 1 aromatic heterocycles. The molecule has 112 valence electrons. The lowest BCUT2D eigenvalue weighted by molar-refractivity contribution is 0.0946. The molecule has 0 spiro atoms. The van der Waals surface area contributed by atoms with Gasteiger partial charge in [-0.2, -0.15) is 0 Å². The fraction of sp³-hybridized carbons (Fsp3) is 0.231. The van der Waals surface area contributed by atoms with Gasteiger partial charge in [-0.05, 0) is 26.0 Å². The van der Waals surface area contributed by atoms with E-state index < -0.39 is 23.2 Å². The Morgan fingerprint density at radius 2 is 1.95 bits per heavy atom. The van der Waals surface area contributed by atoms with Gasteiger partial charge in [-0.15, -0.1) is 0 Å². The van der Waals surface area contributed by atoms with Crippen LogP contribution in [0.4, 0.5) is 14.5 Å². The minimum absolute atomic E-state index is 0.0215. The zero-order valence-corrected chi connectivity index (χ0v) is 11.5. The summed E-state index contributed by atoms with van der Waals surface area (Å²) in [4.78, 5) is 15.9. The molecule has 21 heavy (non-hydrogen) atoms. The largest absolute Gasteiger partial charge is 0.444 e. The van der Waals surface area contributed by atoms with Gasteiger partial charge >= 0.3 is 0 Å². The van der Waals surface area contributed by atoms with Crippen molar-refractivity contribution in [3.63, 3.8) is 0 Å². The average molecular weight is 296 g/mol. The predicted molar refractivity (Wildman–Crippen MR) is 71.3 cm³/mol. The van der Waals surface area contributed by atoms with Crippen molar-refractivity contribution in [2.24, 2.45) is 5.84 Å². The number of carbonyl (C=O) groups excluding carboxylic acids is 1. The summed E-state index contributed by atoms with van der Waals surface area (Å²) >= 11 is 0. The van der Waals surface area contributed by atoms with Crippen molar-refractivity contribution in [3.05, 3.63) is 46.7 Å². The molecule has 2 rings (SSSR count). The summed E-state index contributed by atoms with van der Waals surface area (Å²) in [6.07, 6.45) is 0. The number of hydrogen-bond donors (Lipinski definition) is 3. The van der Waals surface area contributed by atoms with Crippen LogP contribution in [0.3, 0.4) is 0 Å². The topological polar surface area (TPSA) is 93.2 Å². The molecule has 6 nitrogen and oxygen atoms in total. The van der Waals surface area contributed by atoms with E-state index in [1.807, 2.05) is 5.43 Å². The molecule has 0 fully saturated rings. The van der Waals surface area contributed by atoms with E-state index in [1.54, 1.807) is 13.8 Å². The van der Waals surface area contributed by atoms with Crippen LogP contribution in [0.5, 0.6) is 0 Å². The number of nitrogens with two attached hydrogens (primary N) is 1. The van der Waals surface area contributed by atoms with Crippen LogP contribution >= 0.6 is 0 Å². The first-order valence-electron chi connectivity index (χ1n) is 6.09. The molecular formula is C13H14F2N4O2. The van der Waals surface area contributed by atoms with E-state index in [0.29, 0.717) is 11.7 Å². The molecule has 0 aliphatic heterocycles. The number of aromatic nitrogens is 1. The van der Waals surface area contributed by atoms with E-state index in [-0.39, 0.29) is 12.1 Å². The van der Waals surface area contributed by atoms with Gasteiger partial charge in [0.1, 0.15) is 11.4 Å². The number of rotatable bonds is 4. The monoisotopic (exact) mass is 296 g/mol. The Kier molecular flexibility index (Phi) is 4.18. The second-order valence-corrected chi connectivity index (χ2v) is 4.39. The zero-order chi connectivity index (χ0) is 15.6. The van der Waals surface area contributed by atoms with Gasteiger partial charge in [0.2, 0.25) is 5.89 Å². The molecule has 0 saturated carbocycles. The fourth-order valence-corrected chi connectivity index (χ4v) is 1.71. The Bertz CT molecular complexity index is 642. The maximum atomic E-state index is 13.5. The number of halogens is 2. The van der Waals surface area contributed by atoms with E-state index in [0.717, 1.165) is 17.8 Å². The van der Waals surface area contributed by atoms with Crippen LogP contribution in [0, 0.1) is 25.5 Å². The summed E-state index contributed by atoms with van der Waals surface area (Å²) in [5, 5.41) is 2.47. The van der Waals surface area contributed by atoms with Gasteiger partial charge in [0.05, 0.1) is 12.2 Å². The zero-order valence-electron chi connectivity index (χ0n) is 11.5. The third kappa shape index (κ3) is 3.16. The SMILES string of the molecule is Cc1nc(CNC(=O)c2cc(F)c(NN)c(F)c2)oc1C. The number of oxazole rings is 1. The van der Waals surface area contributed by atoms with E-state index in [2.05, 4.69) is 10.3 Å². The van der Waals surface area contributed by atoms with E-state index >= 15 is 0 Å². The Balaban J connectivity index is 2.10. The summed E-state index contributed by atoms with van der Waals surface area (Å²) in [6, 6.07) is 1.78. The lowest BCUT2D eigenvalue weighted by Crippen LogP contribution is -2.23. The summed E-state index contributed by atoms with van der Waals surface area (Å²) in [7, 11) is 0. The predicted octanol–water partition coefficient (Wildman–Crippen LogP) is 1.79. The highest BCUT2D eigenvalue weighted by Gasteiger charge is 2.15. The van der Waals surface area contributed by atoms with E-state index in [1.165, 1.54) is 0 Å². The summed E-state index contributed by atoms with van der Waals surface area (Å²) in [5.74, 6) is 3.39. The maximum absolute atomic E-state index is 13.5. The van der Waals surface area contributed by atoms with E-state index in [4.69, 9.17) is 10.3 Å². The van der Waals surface area contributed by atoms with Crippen molar-refractivity contribution >= 4 is 11.6 Å². The van der Waals surface area contributed by atoms with Crippen LogP contribution in [-0.4, -0.2) is 10.9 Å². The van der Waals surface area contributed by atoms with Crippen molar-refractivity contribution in [1.82, 2.24) is 10.3 Å². The molecule has 1 amide bonds. The van der Waals surface area contributed by atoms with Gasteiger partial charge in [-0.3, -0.25) is 10.6 Å². The van der Waals surface area contributed by atoms with Crippen molar-refractivity contribution in [3.8, 4) is 0 Å². The van der Waals surface area contributed by atoms with Gasteiger partial charge in [0.15, 0.2) is 11.6 Å².